The fraction of sp³-hybridized carbons (Fsp3) is 0.577. The van der Waals surface area contributed by atoms with Crippen molar-refractivity contribution in [1.29, 1.82) is 0 Å². The Morgan fingerprint density at radius 2 is 1.04 bits per heavy atom. The predicted molar refractivity (Wildman–Crippen MR) is 291 cm³/mol. The minimum Gasteiger partial charge on any atom is -0.391 e. The van der Waals surface area contributed by atoms with E-state index in [-0.39, 0.29) is 77.0 Å². The van der Waals surface area contributed by atoms with Crippen molar-refractivity contribution in [2.75, 3.05) is 32.7 Å². The van der Waals surface area contributed by atoms with Gasteiger partial charge >= 0.3 is 0 Å². The highest BCUT2D eigenvalue weighted by molar-refractivity contribution is 5.99. The first-order valence-electron chi connectivity index (χ1n) is 26.5. The molecule has 3 rings (SSSR count). The molecule has 1 fully saturated rings. The molecule has 1 aliphatic rings. The Labute approximate surface area is 459 Å². The van der Waals surface area contributed by atoms with E-state index in [1.165, 1.54) is 13.8 Å². The van der Waals surface area contributed by atoms with Crippen LogP contribution in [-0.4, -0.2) is 175 Å². The second-order valence-corrected chi connectivity index (χ2v) is 19.9. The molecule has 27 heteroatoms. The molecule has 438 valence electrons. The minimum absolute atomic E-state index is 0.0535. The fourth-order valence-electron chi connectivity index (χ4n) is 8.40. The fourth-order valence-corrected chi connectivity index (χ4v) is 8.40. The van der Waals surface area contributed by atoms with Crippen LogP contribution in [0, 0.1) is 5.92 Å². The SMILES string of the molecule is CC(C)C[C@@H]1NC(=O)[C@@H](Cc2ccccc2)NC(=O)[C@H](CCN)NC(=O)[C@@H](NC(=O)[C@H](CCN)NC(=O)[C@@H](NC(=O)[C@@H](N)Cc2ccccc2)[C@@H](C)O)CCNC(=O)[C@H]([C@@H](C)O)NC(=O)[C@H](CCN)NC(=O)[C@H](CCN)NC1=O. The highest BCUT2D eigenvalue weighted by Gasteiger charge is 2.37. The van der Waals surface area contributed by atoms with Gasteiger partial charge in [-0.15, -0.1) is 0 Å². The number of benzene rings is 2. The Hall–Kier alpha value is -7.14. The van der Waals surface area contributed by atoms with E-state index in [4.69, 9.17) is 28.7 Å². The minimum atomic E-state index is -1.67. The molecule has 27 nitrogen and oxygen atoms in total. The third-order valence-corrected chi connectivity index (χ3v) is 12.7. The van der Waals surface area contributed by atoms with E-state index in [0.717, 1.165) is 5.56 Å². The van der Waals surface area contributed by atoms with Crippen molar-refractivity contribution in [3.05, 3.63) is 71.8 Å². The van der Waals surface area contributed by atoms with Crippen molar-refractivity contribution in [3.63, 3.8) is 0 Å². The second-order valence-electron chi connectivity index (χ2n) is 19.9. The van der Waals surface area contributed by atoms with Crippen molar-refractivity contribution in [1.82, 2.24) is 53.2 Å². The number of hydrogen-bond donors (Lipinski definition) is 17. The molecule has 1 heterocycles. The molecule has 79 heavy (non-hydrogen) atoms. The summed E-state index contributed by atoms with van der Waals surface area (Å²) in [6.45, 7) is 4.94. The van der Waals surface area contributed by atoms with Crippen LogP contribution < -0.4 is 81.8 Å². The summed E-state index contributed by atoms with van der Waals surface area (Å²) in [5.41, 5.74) is 31.0. The van der Waals surface area contributed by atoms with Gasteiger partial charge in [0.2, 0.25) is 59.1 Å². The van der Waals surface area contributed by atoms with Crippen LogP contribution in [0.15, 0.2) is 60.7 Å². The lowest BCUT2D eigenvalue weighted by atomic mass is 10.00. The molecule has 0 aliphatic carbocycles. The second kappa shape index (κ2) is 34.0. The van der Waals surface area contributed by atoms with Gasteiger partial charge < -0.3 is 92.0 Å². The van der Waals surface area contributed by atoms with E-state index >= 15 is 0 Å². The quantitative estimate of drug-likeness (QED) is 0.0522. The molecule has 10 amide bonds. The van der Waals surface area contributed by atoms with E-state index in [2.05, 4.69) is 53.2 Å². The largest absolute Gasteiger partial charge is 0.391 e. The molecule has 22 N–H and O–H groups in total. The molecule has 0 bridgehead atoms. The van der Waals surface area contributed by atoms with Crippen LogP contribution in [0.2, 0.25) is 0 Å². The topological polar surface area (TPSA) is 462 Å². The number of carbonyl (C=O) groups is 10. The van der Waals surface area contributed by atoms with Crippen molar-refractivity contribution in [2.45, 2.75) is 152 Å². The standard InChI is InChI=1S/C52H83N15O12/c1-28(2)25-39-49(76)61-34(15-20-53)44(71)60-37(18-23-56)48(75)67-41(29(3)68)51(78)58-24-19-38(47(74)59-35(16-21-54)46(73)65-40(50(77)64-39)27-32-13-9-6-10-14-32)62-45(72)36(17-22-55)63-52(79)42(30(4)69)66-43(70)33(57)26-31-11-7-5-8-12-31/h5-14,28-30,33-42,68-69H,15-27,53-57H2,1-4H3,(H,58,78)(H,59,74)(H,60,71)(H,61,76)(H,62,72)(H,63,79)(H,64,77)(H,65,73)(H,66,70)(H,67,75)/t29-,30-,33+,34+,35+,36+,37+,38+,39+,40-,41+,42+/m1/s1. The molecular weight excluding hydrogens is 1030 g/mol. The molecule has 1 aliphatic heterocycles. The van der Waals surface area contributed by atoms with Crippen LogP contribution in [0.3, 0.4) is 0 Å². The lowest BCUT2D eigenvalue weighted by Crippen LogP contribution is -2.62. The Kier molecular flexibility index (Phi) is 28.5. The average molecular weight is 1110 g/mol. The summed E-state index contributed by atoms with van der Waals surface area (Å²) >= 11 is 0. The zero-order valence-corrected chi connectivity index (χ0v) is 45.3. The first-order chi connectivity index (χ1) is 37.5. The summed E-state index contributed by atoms with van der Waals surface area (Å²) in [7, 11) is 0. The summed E-state index contributed by atoms with van der Waals surface area (Å²) in [5.74, 6) is -9.31. The highest BCUT2D eigenvalue weighted by atomic mass is 16.3. The highest BCUT2D eigenvalue weighted by Crippen LogP contribution is 2.12. The summed E-state index contributed by atoms with van der Waals surface area (Å²) in [4.78, 5) is 140. The smallest absolute Gasteiger partial charge is 0.245 e. The maximum absolute atomic E-state index is 14.5. The van der Waals surface area contributed by atoms with Gasteiger partial charge in [-0.25, -0.2) is 0 Å². The van der Waals surface area contributed by atoms with Crippen LogP contribution in [0.1, 0.15) is 77.3 Å². The third kappa shape index (κ3) is 22.3. The van der Waals surface area contributed by atoms with Gasteiger partial charge in [0.15, 0.2) is 0 Å². The number of rotatable bonds is 22. The number of nitrogens with two attached hydrogens (primary N) is 5. The van der Waals surface area contributed by atoms with Gasteiger partial charge in [0.05, 0.1) is 18.2 Å². The zero-order valence-electron chi connectivity index (χ0n) is 45.3. The molecule has 0 radical (unpaired) electrons. The van der Waals surface area contributed by atoms with Crippen LogP contribution in [0.4, 0.5) is 0 Å². The molecule has 0 spiro atoms. The molecule has 1 saturated heterocycles. The monoisotopic (exact) mass is 1110 g/mol. The van der Waals surface area contributed by atoms with Crippen molar-refractivity contribution < 1.29 is 58.2 Å². The van der Waals surface area contributed by atoms with Crippen molar-refractivity contribution >= 4 is 59.1 Å². The average Bonchev–Trinajstić information content (AvgIpc) is 3.40. The molecule has 0 unspecified atom stereocenters. The first kappa shape index (κ1) is 66.1. The van der Waals surface area contributed by atoms with Crippen LogP contribution in [-0.2, 0) is 60.8 Å². The Bertz CT molecular complexity index is 2330. The van der Waals surface area contributed by atoms with E-state index in [1.807, 2.05) is 0 Å². The van der Waals surface area contributed by atoms with E-state index in [9.17, 15) is 58.2 Å². The van der Waals surface area contributed by atoms with Gasteiger partial charge in [0.25, 0.3) is 0 Å². The molecular formula is C52H83N15O12. The Morgan fingerprint density at radius 1 is 0.570 bits per heavy atom. The van der Waals surface area contributed by atoms with Crippen molar-refractivity contribution in [2.24, 2.45) is 34.6 Å². The maximum Gasteiger partial charge on any atom is 0.245 e. The zero-order chi connectivity index (χ0) is 58.8. The molecule has 0 saturated carbocycles. The van der Waals surface area contributed by atoms with Crippen LogP contribution in [0.25, 0.3) is 0 Å². The predicted octanol–water partition coefficient (Wildman–Crippen LogP) is -6.11. The number of amides is 10. The van der Waals surface area contributed by atoms with Crippen LogP contribution in [0.5, 0.6) is 0 Å². The van der Waals surface area contributed by atoms with Gasteiger partial charge in [-0.1, -0.05) is 74.5 Å². The summed E-state index contributed by atoms with van der Waals surface area (Å²) in [6, 6.07) is 2.87. The first-order valence-corrected chi connectivity index (χ1v) is 26.5. The summed E-state index contributed by atoms with van der Waals surface area (Å²) < 4.78 is 0. The number of nitrogens with one attached hydrogen (secondary N) is 10. The normalized spacial score (nSPS) is 23.3. The Balaban J connectivity index is 2.09. The lowest BCUT2D eigenvalue weighted by Gasteiger charge is -2.28. The maximum atomic E-state index is 14.5. The lowest BCUT2D eigenvalue weighted by molar-refractivity contribution is -0.136. The van der Waals surface area contributed by atoms with Gasteiger partial charge in [-0.2, -0.15) is 0 Å². The Morgan fingerprint density at radius 3 is 1.53 bits per heavy atom. The molecule has 2 aromatic carbocycles. The van der Waals surface area contributed by atoms with Crippen LogP contribution >= 0.6 is 0 Å². The number of carbonyl (C=O) groups excluding carboxylic acids is 10. The van der Waals surface area contributed by atoms with E-state index < -0.39 is 145 Å². The molecule has 2 aromatic rings. The van der Waals surface area contributed by atoms with Gasteiger partial charge in [-0.3, -0.25) is 47.9 Å². The number of hydrogen-bond acceptors (Lipinski definition) is 17. The summed E-state index contributed by atoms with van der Waals surface area (Å²) in [6.07, 6.45) is -4.20. The summed E-state index contributed by atoms with van der Waals surface area (Å²) in [5, 5.41) is 46.8. The number of aliphatic hydroxyl groups excluding tert-OH is 2. The van der Waals surface area contributed by atoms with Gasteiger partial charge in [0.1, 0.15) is 54.4 Å². The van der Waals surface area contributed by atoms with Gasteiger partial charge in [-0.05, 0) is 102 Å². The molecule has 0 aromatic heterocycles. The van der Waals surface area contributed by atoms with E-state index in [0.29, 0.717) is 5.56 Å². The van der Waals surface area contributed by atoms with Crippen molar-refractivity contribution in [3.8, 4) is 0 Å². The van der Waals surface area contributed by atoms with E-state index in [1.54, 1.807) is 74.5 Å². The third-order valence-electron chi connectivity index (χ3n) is 12.7. The molecule has 12 atom stereocenters. The number of aliphatic hydroxyl groups is 2. The van der Waals surface area contributed by atoms with Gasteiger partial charge in [0, 0.05) is 13.0 Å².